The lowest BCUT2D eigenvalue weighted by Crippen LogP contribution is -2.34. The average molecular weight is 397 g/mol. The maximum atomic E-state index is 12.0. The largest absolute Gasteiger partial charge is 0.369 e. The van der Waals surface area contributed by atoms with Gasteiger partial charge in [0, 0.05) is 6.04 Å². The minimum absolute atomic E-state index is 0.0212. The summed E-state index contributed by atoms with van der Waals surface area (Å²) >= 11 is 3.96. The van der Waals surface area contributed by atoms with Crippen molar-refractivity contribution in [2.75, 3.05) is 11.5 Å². The van der Waals surface area contributed by atoms with Crippen LogP contribution in [0.2, 0.25) is 0 Å². The molecule has 0 bridgehead atoms. The number of nitrogens with zero attached hydrogens (tertiary/aromatic N) is 2. The molecule has 3 N–H and O–H groups in total. The molecule has 2 aromatic rings. The van der Waals surface area contributed by atoms with Crippen LogP contribution in [0.3, 0.4) is 0 Å². The Morgan fingerprint density at radius 3 is 2.44 bits per heavy atom. The maximum Gasteiger partial charge on any atom is 0.230 e. The molecule has 1 unspecified atom stereocenters. The summed E-state index contributed by atoms with van der Waals surface area (Å²) < 4.78 is 1.39. The number of hydrogen-bond donors (Lipinski definition) is 2. The molecule has 2 amide bonds. The Morgan fingerprint density at radius 2 is 1.80 bits per heavy atom. The number of hydrogen-bond acceptors (Lipinski definition) is 7. The number of aryl methyl sites for hydroxylation is 1. The van der Waals surface area contributed by atoms with Crippen molar-refractivity contribution in [1.29, 1.82) is 0 Å². The van der Waals surface area contributed by atoms with Crippen LogP contribution in [0.5, 0.6) is 0 Å². The Bertz CT molecular complexity index is 694. The summed E-state index contributed by atoms with van der Waals surface area (Å²) in [4.78, 5) is 22.8. The second kappa shape index (κ2) is 10.4. The molecule has 0 radical (unpaired) electrons. The van der Waals surface area contributed by atoms with E-state index >= 15 is 0 Å². The Labute approximate surface area is 159 Å². The molecule has 0 aliphatic heterocycles. The number of amides is 2. The molecule has 0 saturated carbocycles. The fourth-order valence-corrected chi connectivity index (χ4v) is 4.56. The summed E-state index contributed by atoms with van der Waals surface area (Å²) in [5.74, 6) is 0.0640. The molecule has 0 spiro atoms. The van der Waals surface area contributed by atoms with Crippen LogP contribution in [0, 0.1) is 0 Å². The molecule has 9 heteroatoms. The van der Waals surface area contributed by atoms with Gasteiger partial charge in [0.15, 0.2) is 8.68 Å². The summed E-state index contributed by atoms with van der Waals surface area (Å²) in [6.45, 7) is 2.01. The third-order valence-corrected chi connectivity index (χ3v) is 6.38. The fourth-order valence-electron chi connectivity index (χ4n) is 1.99. The average Bonchev–Trinajstić information content (AvgIpc) is 3.05. The maximum absolute atomic E-state index is 12.0. The zero-order valence-electron chi connectivity index (χ0n) is 13.8. The predicted octanol–water partition coefficient (Wildman–Crippen LogP) is 2.35. The standard InChI is InChI=1S/C16H20N4O2S3/c1-11(7-8-12-5-3-2-4-6-12)18-14(22)10-24-16-20-19-15(25-16)23-9-13(17)21/h2-6,11H,7-10H2,1H3,(H2,17,21)(H,18,22). The van der Waals surface area contributed by atoms with E-state index in [2.05, 4.69) is 27.6 Å². The number of nitrogens with two attached hydrogens (primary N) is 1. The first-order valence-electron chi connectivity index (χ1n) is 7.73. The number of primary amides is 1. The zero-order chi connectivity index (χ0) is 18.1. The number of carbonyl (C=O) groups excluding carboxylic acids is 2. The van der Waals surface area contributed by atoms with Gasteiger partial charge in [-0.25, -0.2) is 0 Å². The van der Waals surface area contributed by atoms with Gasteiger partial charge in [-0.3, -0.25) is 9.59 Å². The highest BCUT2D eigenvalue weighted by atomic mass is 32.2. The molecule has 2 rings (SSSR count). The molecule has 0 saturated heterocycles. The minimum atomic E-state index is -0.390. The first kappa shape index (κ1) is 19.7. The summed E-state index contributed by atoms with van der Waals surface area (Å²) in [6, 6.07) is 10.3. The van der Waals surface area contributed by atoms with Crippen molar-refractivity contribution in [3.8, 4) is 0 Å². The quantitative estimate of drug-likeness (QED) is 0.598. The van der Waals surface area contributed by atoms with Crippen LogP contribution in [-0.4, -0.2) is 39.6 Å². The summed E-state index contributed by atoms with van der Waals surface area (Å²) in [7, 11) is 0. The molecule has 1 aromatic heterocycles. The van der Waals surface area contributed by atoms with Crippen molar-refractivity contribution in [2.45, 2.75) is 34.5 Å². The first-order chi connectivity index (χ1) is 12.0. The molecule has 1 atom stereocenters. The monoisotopic (exact) mass is 396 g/mol. The summed E-state index contributed by atoms with van der Waals surface area (Å²) in [5, 5.41) is 11.0. The molecule has 25 heavy (non-hydrogen) atoms. The van der Waals surface area contributed by atoms with Gasteiger partial charge in [0.05, 0.1) is 11.5 Å². The van der Waals surface area contributed by atoms with E-state index in [0.29, 0.717) is 14.4 Å². The number of nitrogens with one attached hydrogen (secondary N) is 1. The van der Waals surface area contributed by atoms with Crippen molar-refractivity contribution in [1.82, 2.24) is 15.5 Å². The van der Waals surface area contributed by atoms with Gasteiger partial charge >= 0.3 is 0 Å². The summed E-state index contributed by atoms with van der Waals surface area (Å²) in [6.07, 6.45) is 1.83. The number of thioether (sulfide) groups is 2. The number of benzene rings is 1. The van der Waals surface area contributed by atoms with E-state index in [1.54, 1.807) is 0 Å². The van der Waals surface area contributed by atoms with E-state index in [1.165, 1.54) is 40.4 Å². The van der Waals surface area contributed by atoms with E-state index in [9.17, 15) is 9.59 Å². The van der Waals surface area contributed by atoms with E-state index in [0.717, 1.165) is 12.8 Å². The molecule has 1 heterocycles. The van der Waals surface area contributed by atoms with E-state index < -0.39 is 5.91 Å². The lowest BCUT2D eigenvalue weighted by atomic mass is 10.1. The van der Waals surface area contributed by atoms with Gasteiger partial charge in [-0.1, -0.05) is 65.2 Å². The lowest BCUT2D eigenvalue weighted by molar-refractivity contribution is -0.119. The van der Waals surface area contributed by atoms with E-state index in [-0.39, 0.29) is 17.7 Å². The number of rotatable bonds is 10. The molecule has 0 fully saturated rings. The second-order valence-corrected chi connectivity index (χ2v) is 8.79. The first-order valence-corrected chi connectivity index (χ1v) is 10.5. The van der Waals surface area contributed by atoms with Gasteiger partial charge in [0.1, 0.15) is 0 Å². The van der Waals surface area contributed by atoms with E-state index in [1.807, 2.05) is 25.1 Å². The number of carbonyl (C=O) groups is 2. The molecule has 1 aromatic carbocycles. The summed E-state index contributed by atoms with van der Waals surface area (Å²) in [5.41, 5.74) is 6.36. The van der Waals surface area contributed by atoms with Gasteiger partial charge < -0.3 is 11.1 Å². The molecular weight excluding hydrogens is 376 g/mol. The predicted molar refractivity (Wildman–Crippen MR) is 103 cm³/mol. The van der Waals surface area contributed by atoms with Crippen LogP contribution in [0.15, 0.2) is 39.0 Å². The minimum Gasteiger partial charge on any atom is -0.369 e. The molecule has 0 aliphatic carbocycles. The third kappa shape index (κ3) is 7.89. The van der Waals surface area contributed by atoms with Gasteiger partial charge in [0.25, 0.3) is 0 Å². The molecule has 134 valence electrons. The molecular formula is C16H20N4O2S3. The van der Waals surface area contributed by atoms with Crippen LogP contribution >= 0.6 is 34.9 Å². The third-order valence-electron chi connectivity index (χ3n) is 3.17. The highest BCUT2D eigenvalue weighted by Crippen LogP contribution is 2.28. The topological polar surface area (TPSA) is 98.0 Å². The van der Waals surface area contributed by atoms with Crippen molar-refractivity contribution in [2.24, 2.45) is 5.73 Å². The molecule has 6 nitrogen and oxygen atoms in total. The van der Waals surface area contributed by atoms with Crippen LogP contribution in [0.1, 0.15) is 18.9 Å². The Kier molecular flexibility index (Phi) is 8.23. The van der Waals surface area contributed by atoms with Crippen LogP contribution in [-0.2, 0) is 16.0 Å². The normalized spacial score (nSPS) is 11.9. The smallest absolute Gasteiger partial charge is 0.230 e. The van der Waals surface area contributed by atoms with Crippen molar-refractivity contribution < 1.29 is 9.59 Å². The van der Waals surface area contributed by atoms with Crippen molar-refractivity contribution in [3.05, 3.63) is 35.9 Å². The zero-order valence-corrected chi connectivity index (χ0v) is 16.3. The van der Waals surface area contributed by atoms with Gasteiger partial charge in [0.2, 0.25) is 11.8 Å². The van der Waals surface area contributed by atoms with E-state index in [4.69, 9.17) is 5.73 Å². The fraction of sp³-hybridized carbons (Fsp3) is 0.375. The van der Waals surface area contributed by atoms with Crippen LogP contribution in [0.4, 0.5) is 0 Å². The SMILES string of the molecule is CC(CCc1ccccc1)NC(=O)CSc1nnc(SCC(N)=O)s1. The van der Waals surface area contributed by atoms with Crippen molar-refractivity contribution in [3.63, 3.8) is 0 Å². The van der Waals surface area contributed by atoms with Gasteiger partial charge in [-0.15, -0.1) is 10.2 Å². The highest BCUT2D eigenvalue weighted by Gasteiger charge is 2.11. The van der Waals surface area contributed by atoms with Gasteiger partial charge in [-0.05, 0) is 25.3 Å². The Hall–Kier alpha value is -1.58. The van der Waals surface area contributed by atoms with Gasteiger partial charge in [-0.2, -0.15) is 0 Å². The van der Waals surface area contributed by atoms with Crippen LogP contribution < -0.4 is 11.1 Å². The Balaban J connectivity index is 1.67. The second-order valence-electron chi connectivity index (χ2n) is 5.37. The Morgan fingerprint density at radius 1 is 1.16 bits per heavy atom. The van der Waals surface area contributed by atoms with Crippen molar-refractivity contribution >= 4 is 46.7 Å². The molecule has 0 aliphatic rings. The number of aromatic nitrogens is 2. The lowest BCUT2D eigenvalue weighted by Gasteiger charge is -2.13. The van der Waals surface area contributed by atoms with Crippen LogP contribution in [0.25, 0.3) is 0 Å². The highest BCUT2D eigenvalue weighted by molar-refractivity contribution is 8.03.